The van der Waals surface area contributed by atoms with Gasteiger partial charge in [0.15, 0.2) is 5.78 Å². The van der Waals surface area contributed by atoms with Crippen molar-refractivity contribution >= 4 is 11.6 Å². The van der Waals surface area contributed by atoms with E-state index >= 15 is 0 Å². The molecule has 1 aromatic carbocycles. The Bertz CT molecular complexity index is 417. The summed E-state index contributed by atoms with van der Waals surface area (Å²) in [5.74, 6) is 0.487. The Balaban J connectivity index is 2.09. The molecule has 1 saturated heterocycles. The summed E-state index contributed by atoms with van der Waals surface area (Å²) in [6, 6.07) is 9.33. The molecule has 1 unspecified atom stereocenters. The molecule has 1 fully saturated rings. The Morgan fingerprint density at radius 3 is 2.39 bits per heavy atom. The van der Waals surface area contributed by atoms with Gasteiger partial charge in [0.1, 0.15) is 5.78 Å². The Labute approximate surface area is 108 Å². The van der Waals surface area contributed by atoms with Crippen molar-refractivity contribution in [1.29, 1.82) is 0 Å². The molecule has 0 aliphatic carbocycles. The van der Waals surface area contributed by atoms with Crippen molar-refractivity contribution in [2.75, 3.05) is 13.1 Å². The minimum absolute atomic E-state index is 0.0829. The molecule has 3 nitrogen and oxygen atoms in total. The van der Waals surface area contributed by atoms with Gasteiger partial charge in [-0.1, -0.05) is 37.3 Å². The second-order valence-electron chi connectivity index (χ2n) is 4.73. The first kappa shape index (κ1) is 13.0. The molecule has 96 valence electrons. The lowest BCUT2D eigenvalue weighted by Gasteiger charge is -2.32. The summed E-state index contributed by atoms with van der Waals surface area (Å²) in [6.45, 7) is 3.47. The first-order valence-electron chi connectivity index (χ1n) is 6.57. The molecule has 0 spiro atoms. The Hall–Kier alpha value is -1.48. The number of Topliss-reactive ketones (excluding diaryl/α,β-unsaturated/α-hetero) is 2. The van der Waals surface area contributed by atoms with E-state index in [0.29, 0.717) is 18.6 Å². The van der Waals surface area contributed by atoms with E-state index in [4.69, 9.17) is 0 Å². The first-order valence-corrected chi connectivity index (χ1v) is 6.57. The fourth-order valence-corrected chi connectivity index (χ4v) is 2.49. The van der Waals surface area contributed by atoms with Gasteiger partial charge in [0.05, 0.1) is 6.04 Å². The van der Waals surface area contributed by atoms with Crippen molar-refractivity contribution in [1.82, 2.24) is 4.90 Å². The third-order valence-electron chi connectivity index (χ3n) is 3.54. The maximum absolute atomic E-state index is 12.4. The Morgan fingerprint density at radius 2 is 1.83 bits per heavy atom. The summed E-state index contributed by atoms with van der Waals surface area (Å²) in [6.07, 6.45) is 1.96. The highest BCUT2D eigenvalue weighted by Crippen LogP contribution is 2.16. The van der Waals surface area contributed by atoms with Gasteiger partial charge in [0, 0.05) is 31.5 Å². The highest BCUT2D eigenvalue weighted by atomic mass is 16.1. The van der Waals surface area contributed by atoms with Gasteiger partial charge in [-0.2, -0.15) is 0 Å². The SMILES string of the molecule is CCC(C(=O)c1ccccc1)N1CCC(=O)CC1. The summed E-state index contributed by atoms with van der Waals surface area (Å²) < 4.78 is 0. The lowest BCUT2D eigenvalue weighted by molar-refractivity contribution is -0.121. The predicted octanol–water partition coefficient (Wildman–Crippen LogP) is 2.31. The van der Waals surface area contributed by atoms with Crippen LogP contribution in [0.2, 0.25) is 0 Å². The molecular formula is C15H19NO2. The van der Waals surface area contributed by atoms with Crippen molar-refractivity contribution in [3.8, 4) is 0 Å². The lowest BCUT2D eigenvalue weighted by atomic mass is 9.98. The number of carbonyl (C=O) groups excluding carboxylic acids is 2. The maximum atomic E-state index is 12.4. The van der Waals surface area contributed by atoms with Crippen LogP contribution in [0.3, 0.4) is 0 Å². The number of rotatable bonds is 4. The number of ketones is 2. The number of hydrogen-bond acceptors (Lipinski definition) is 3. The second-order valence-corrected chi connectivity index (χ2v) is 4.73. The summed E-state index contributed by atoms with van der Waals surface area (Å²) in [4.78, 5) is 25.8. The van der Waals surface area contributed by atoms with E-state index in [2.05, 4.69) is 4.90 Å². The molecule has 0 N–H and O–H groups in total. The molecule has 0 amide bonds. The van der Waals surface area contributed by atoms with E-state index in [1.54, 1.807) is 0 Å². The third kappa shape index (κ3) is 2.85. The molecule has 3 heteroatoms. The van der Waals surface area contributed by atoms with Gasteiger partial charge in [0.2, 0.25) is 0 Å². The number of benzene rings is 1. The van der Waals surface area contributed by atoms with Crippen molar-refractivity contribution < 1.29 is 9.59 Å². The third-order valence-corrected chi connectivity index (χ3v) is 3.54. The average Bonchev–Trinajstić information content (AvgIpc) is 2.42. The van der Waals surface area contributed by atoms with Gasteiger partial charge in [-0.3, -0.25) is 14.5 Å². The van der Waals surface area contributed by atoms with E-state index in [-0.39, 0.29) is 11.8 Å². The summed E-state index contributed by atoms with van der Waals surface area (Å²) in [5, 5.41) is 0. The Kier molecular flexibility index (Phi) is 4.26. The van der Waals surface area contributed by atoms with Crippen molar-refractivity contribution in [3.05, 3.63) is 35.9 Å². The van der Waals surface area contributed by atoms with Crippen LogP contribution in [-0.4, -0.2) is 35.6 Å². The van der Waals surface area contributed by atoms with Crippen LogP contribution in [0.25, 0.3) is 0 Å². The number of nitrogens with zero attached hydrogens (tertiary/aromatic N) is 1. The molecule has 1 aliphatic rings. The smallest absolute Gasteiger partial charge is 0.179 e. The molecular weight excluding hydrogens is 226 g/mol. The predicted molar refractivity (Wildman–Crippen MR) is 70.7 cm³/mol. The van der Waals surface area contributed by atoms with Crippen molar-refractivity contribution in [3.63, 3.8) is 0 Å². The summed E-state index contributed by atoms with van der Waals surface area (Å²) in [5.41, 5.74) is 0.765. The van der Waals surface area contributed by atoms with Crippen LogP contribution in [0, 0.1) is 0 Å². The van der Waals surface area contributed by atoms with Crippen LogP contribution < -0.4 is 0 Å². The molecule has 18 heavy (non-hydrogen) atoms. The number of likely N-dealkylation sites (tertiary alicyclic amines) is 1. The standard InChI is InChI=1S/C15H19NO2/c1-2-14(16-10-8-13(17)9-11-16)15(18)12-6-4-3-5-7-12/h3-7,14H,2,8-11H2,1H3. The van der Waals surface area contributed by atoms with Gasteiger partial charge < -0.3 is 0 Å². The molecule has 0 radical (unpaired) electrons. The fourth-order valence-electron chi connectivity index (χ4n) is 2.49. The lowest BCUT2D eigenvalue weighted by Crippen LogP contribution is -2.45. The van der Waals surface area contributed by atoms with E-state index in [1.165, 1.54) is 0 Å². The quantitative estimate of drug-likeness (QED) is 0.764. The van der Waals surface area contributed by atoms with Gasteiger partial charge in [-0.05, 0) is 6.42 Å². The van der Waals surface area contributed by atoms with Gasteiger partial charge >= 0.3 is 0 Å². The average molecular weight is 245 g/mol. The zero-order valence-electron chi connectivity index (χ0n) is 10.8. The van der Waals surface area contributed by atoms with E-state index in [0.717, 1.165) is 25.1 Å². The second kappa shape index (κ2) is 5.91. The van der Waals surface area contributed by atoms with Crippen LogP contribution >= 0.6 is 0 Å². The zero-order chi connectivity index (χ0) is 13.0. The van der Waals surface area contributed by atoms with E-state index < -0.39 is 0 Å². The normalized spacial score (nSPS) is 18.6. The van der Waals surface area contributed by atoms with E-state index in [1.807, 2.05) is 37.3 Å². The topological polar surface area (TPSA) is 37.4 Å². The summed E-state index contributed by atoms with van der Waals surface area (Å²) >= 11 is 0. The minimum atomic E-state index is -0.0829. The molecule has 2 rings (SSSR count). The van der Waals surface area contributed by atoms with Crippen LogP contribution in [-0.2, 0) is 4.79 Å². The van der Waals surface area contributed by atoms with Crippen LogP contribution in [0.5, 0.6) is 0 Å². The molecule has 0 saturated carbocycles. The highest BCUT2D eigenvalue weighted by Gasteiger charge is 2.28. The zero-order valence-corrected chi connectivity index (χ0v) is 10.8. The van der Waals surface area contributed by atoms with Crippen molar-refractivity contribution in [2.24, 2.45) is 0 Å². The number of hydrogen-bond donors (Lipinski definition) is 0. The number of piperidine rings is 1. The van der Waals surface area contributed by atoms with Crippen LogP contribution in [0.1, 0.15) is 36.5 Å². The fraction of sp³-hybridized carbons (Fsp3) is 0.467. The van der Waals surface area contributed by atoms with Gasteiger partial charge in [-0.25, -0.2) is 0 Å². The van der Waals surface area contributed by atoms with Gasteiger partial charge in [0.25, 0.3) is 0 Å². The molecule has 0 aromatic heterocycles. The molecule has 1 aliphatic heterocycles. The Morgan fingerprint density at radius 1 is 1.22 bits per heavy atom. The number of carbonyl (C=O) groups is 2. The van der Waals surface area contributed by atoms with E-state index in [9.17, 15) is 9.59 Å². The van der Waals surface area contributed by atoms with Crippen molar-refractivity contribution in [2.45, 2.75) is 32.2 Å². The highest BCUT2D eigenvalue weighted by molar-refractivity contribution is 6.00. The van der Waals surface area contributed by atoms with Crippen LogP contribution in [0.4, 0.5) is 0 Å². The molecule has 1 aromatic rings. The maximum Gasteiger partial charge on any atom is 0.179 e. The molecule has 1 heterocycles. The first-order chi connectivity index (χ1) is 8.72. The summed E-state index contributed by atoms with van der Waals surface area (Å²) in [7, 11) is 0. The monoisotopic (exact) mass is 245 g/mol. The largest absolute Gasteiger partial charge is 0.300 e. The minimum Gasteiger partial charge on any atom is -0.300 e. The molecule has 0 bridgehead atoms. The van der Waals surface area contributed by atoms with Crippen LogP contribution in [0.15, 0.2) is 30.3 Å². The molecule has 1 atom stereocenters. The van der Waals surface area contributed by atoms with Gasteiger partial charge in [-0.15, -0.1) is 0 Å².